The number of hydrazone groups is 2. The number of amidine groups is 2. The van der Waals surface area contributed by atoms with E-state index in [0.717, 1.165) is 17.7 Å². The van der Waals surface area contributed by atoms with Gasteiger partial charge >= 0.3 is 6.18 Å². The van der Waals surface area contributed by atoms with Gasteiger partial charge < -0.3 is 0 Å². The second-order valence-electron chi connectivity index (χ2n) is 5.12. The Morgan fingerprint density at radius 1 is 0.875 bits per heavy atom. The average molecular weight is 353 g/mol. The lowest BCUT2D eigenvalue weighted by atomic mass is 10.1. The van der Waals surface area contributed by atoms with E-state index in [1.807, 2.05) is 12.1 Å². The SMILES string of the molecule is FC(F)(F)c1ccc(C2=NNC(Cc3ccc(Cl)cc3)=NN2)cc1. The third-order valence-corrected chi connectivity index (χ3v) is 3.62. The fourth-order valence-corrected chi connectivity index (χ4v) is 2.24. The van der Waals surface area contributed by atoms with Gasteiger partial charge in [-0.3, -0.25) is 10.9 Å². The van der Waals surface area contributed by atoms with Crippen molar-refractivity contribution < 1.29 is 13.2 Å². The van der Waals surface area contributed by atoms with Crippen molar-refractivity contribution in [1.82, 2.24) is 10.9 Å². The van der Waals surface area contributed by atoms with E-state index in [1.165, 1.54) is 12.1 Å². The maximum Gasteiger partial charge on any atom is 0.416 e. The predicted octanol–water partition coefficient (Wildman–Crippen LogP) is 3.77. The van der Waals surface area contributed by atoms with E-state index in [4.69, 9.17) is 11.6 Å². The van der Waals surface area contributed by atoms with Crippen LogP contribution in [0.3, 0.4) is 0 Å². The number of rotatable bonds is 3. The lowest BCUT2D eigenvalue weighted by Gasteiger charge is -2.15. The fraction of sp³-hybridized carbons (Fsp3) is 0.125. The molecule has 2 N–H and O–H groups in total. The second-order valence-corrected chi connectivity index (χ2v) is 5.56. The Bertz CT molecular complexity index is 780. The Kier molecular flexibility index (Phi) is 4.44. The minimum atomic E-state index is -4.36. The zero-order valence-electron chi connectivity index (χ0n) is 12.2. The zero-order chi connectivity index (χ0) is 17.2. The van der Waals surface area contributed by atoms with E-state index in [-0.39, 0.29) is 0 Å². The van der Waals surface area contributed by atoms with E-state index >= 15 is 0 Å². The van der Waals surface area contributed by atoms with Crippen LogP contribution in [0, 0.1) is 0 Å². The number of nitrogens with zero attached hydrogens (tertiary/aromatic N) is 2. The number of hydrogen-bond acceptors (Lipinski definition) is 4. The quantitative estimate of drug-likeness (QED) is 0.883. The molecule has 8 heteroatoms. The number of hydrogen-bond donors (Lipinski definition) is 2. The van der Waals surface area contributed by atoms with Gasteiger partial charge in [0.25, 0.3) is 0 Å². The Hall–Kier alpha value is -2.54. The summed E-state index contributed by atoms with van der Waals surface area (Å²) in [5.41, 5.74) is 6.34. The van der Waals surface area contributed by atoms with Crippen LogP contribution < -0.4 is 10.9 Å². The molecular weight excluding hydrogens is 341 g/mol. The van der Waals surface area contributed by atoms with Gasteiger partial charge in [-0.25, -0.2) is 0 Å². The summed E-state index contributed by atoms with van der Waals surface area (Å²) in [7, 11) is 0. The average Bonchev–Trinajstić information content (AvgIpc) is 2.57. The molecule has 1 aliphatic rings. The van der Waals surface area contributed by atoms with Crippen LogP contribution >= 0.6 is 11.6 Å². The lowest BCUT2D eigenvalue weighted by molar-refractivity contribution is -0.137. The summed E-state index contributed by atoms with van der Waals surface area (Å²) in [4.78, 5) is 0. The van der Waals surface area contributed by atoms with Gasteiger partial charge in [0.05, 0.1) is 5.56 Å². The molecule has 24 heavy (non-hydrogen) atoms. The van der Waals surface area contributed by atoms with Crippen molar-refractivity contribution >= 4 is 23.3 Å². The van der Waals surface area contributed by atoms with Gasteiger partial charge in [0.15, 0.2) is 5.84 Å². The number of alkyl halides is 3. The van der Waals surface area contributed by atoms with Crippen LogP contribution in [-0.4, -0.2) is 11.7 Å². The van der Waals surface area contributed by atoms with E-state index in [1.54, 1.807) is 12.1 Å². The van der Waals surface area contributed by atoms with Crippen molar-refractivity contribution in [2.75, 3.05) is 0 Å². The molecule has 1 heterocycles. The number of halogens is 4. The molecule has 0 saturated carbocycles. The van der Waals surface area contributed by atoms with Crippen LogP contribution in [0.15, 0.2) is 58.7 Å². The highest BCUT2D eigenvalue weighted by atomic mass is 35.5. The highest BCUT2D eigenvalue weighted by Gasteiger charge is 2.30. The first kappa shape index (κ1) is 16.3. The lowest BCUT2D eigenvalue weighted by Crippen LogP contribution is -2.35. The first-order chi connectivity index (χ1) is 11.4. The number of benzene rings is 2. The molecule has 124 valence electrons. The van der Waals surface area contributed by atoms with Gasteiger partial charge in [-0.05, 0) is 29.8 Å². The van der Waals surface area contributed by atoms with Gasteiger partial charge in [-0.15, -0.1) is 0 Å². The second kappa shape index (κ2) is 6.52. The van der Waals surface area contributed by atoms with Gasteiger partial charge in [0.2, 0.25) is 0 Å². The van der Waals surface area contributed by atoms with Crippen molar-refractivity contribution in [2.45, 2.75) is 12.6 Å². The smallest absolute Gasteiger partial charge is 0.261 e. The summed E-state index contributed by atoms with van der Waals surface area (Å²) in [6.07, 6.45) is -3.84. The van der Waals surface area contributed by atoms with E-state index < -0.39 is 11.7 Å². The van der Waals surface area contributed by atoms with Crippen LogP contribution in [-0.2, 0) is 12.6 Å². The van der Waals surface area contributed by atoms with Crippen LogP contribution in [0.2, 0.25) is 5.02 Å². The summed E-state index contributed by atoms with van der Waals surface area (Å²) in [6.45, 7) is 0. The largest absolute Gasteiger partial charge is 0.416 e. The monoisotopic (exact) mass is 352 g/mol. The molecule has 0 fully saturated rings. The van der Waals surface area contributed by atoms with Crippen molar-refractivity contribution in [3.63, 3.8) is 0 Å². The van der Waals surface area contributed by atoms with E-state index in [0.29, 0.717) is 28.7 Å². The molecule has 0 bridgehead atoms. The van der Waals surface area contributed by atoms with Gasteiger partial charge in [0.1, 0.15) is 5.84 Å². The Labute approximate surface area is 141 Å². The van der Waals surface area contributed by atoms with Crippen LogP contribution in [0.5, 0.6) is 0 Å². The molecule has 0 radical (unpaired) electrons. The molecule has 2 aromatic carbocycles. The molecule has 0 atom stereocenters. The minimum Gasteiger partial charge on any atom is -0.261 e. The minimum absolute atomic E-state index is 0.351. The summed E-state index contributed by atoms with van der Waals surface area (Å²) in [5.74, 6) is 0.941. The molecule has 0 aromatic heterocycles. The van der Waals surface area contributed by atoms with Gasteiger partial charge in [0, 0.05) is 17.0 Å². The topological polar surface area (TPSA) is 48.8 Å². The Morgan fingerprint density at radius 3 is 2.08 bits per heavy atom. The molecular formula is C16H12ClF3N4. The fourth-order valence-electron chi connectivity index (χ4n) is 2.11. The molecule has 4 nitrogen and oxygen atoms in total. The molecule has 0 unspecified atom stereocenters. The number of nitrogens with one attached hydrogen (secondary N) is 2. The molecule has 3 rings (SSSR count). The first-order valence-electron chi connectivity index (χ1n) is 7.00. The Balaban J connectivity index is 1.65. The predicted molar refractivity (Wildman–Crippen MR) is 86.8 cm³/mol. The van der Waals surface area contributed by atoms with Crippen LogP contribution in [0.4, 0.5) is 13.2 Å². The van der Waals surface area contributed by atoms with Crippen molar-refractivity contribution in [3.05, 3.63) is 70.2 Å². The van der Waals surface area contributed by atoms with Crippen molar-refractivity contribution in [1.29, 1.82) is 0 Å². The van der Waals surface area contributed by atoms with Crippen molar-refractivity contribution in [3.8, 4) is 0 Å². The standard InChI is InChI=1S/C16H12ClF3N4/c17-13-7-1-10(2-8-13)9-14-21-23-15(24-22-14)11-3-5-12(6-4-11)16(18,19)20/h1-8H,9H2,(H,21,22)(H,23,24). The molecule has 1 aliphatic heterocycles. The third-order valence-electron chi connectivity index (χ3n) is 3.36. The van der Waals surface area contributed by atoms with Crippen LogP contribution in [0.1, 0.15) is 16.7 Å². The van der Waals surface area contributed by atoms with E-state index in [2.05, 4.69) is 21.1 Å². The summed E-state index contributed by atoms with van der Waals surface area (Å²) >= 11 is 5.83. The van der Waals surface area contributed by atoms with E-state index in [9.17, 15) is 13.2 Å². The Morgan fingerprint density at radius 2 is 1.54 bits per heavy atom. The highest BCUT2D eigenvalue weighted by Crippen LogP contribution is 2.29. The normalized spacial score (nSPS) is 14.3. The van der Waals surface area contributed by atoms with Gasteiger partial charge in [-0.1, -0.05) is 35.9 Å². The molecule has 0 saturated heterocycles. The van der Waals surface area contributed by atoms with Crippen LogP contribution in [0.25, 0.3) is 0 Å². The molecule has 0 amide bonds. The first-order valence-corrected chi connectivity index (χ1v) is 7.38. The summed E-state index contributed by atoms with van der Waals surface area (Å²) < 4.78 is 37.7. The highest BCUT2D eigenvalue weighted by molar-refractivity contribution is 6.30. The summed E-state index contributed by atoms with van der Waals surface area (Å²) in [6, 6.07) is 12.0. The van der Waals surface area contributed by atoms with Crippen molar-refractivity contribution in [2.24, 2.45) is 10.2 Å². The molecule has 2 aromatic rings. The molecule has 0 spiro atoms. The van der Waals surface area contributed by atoms with Gasteiger partial charge in [-0.2, -0.15) is 23.4 Å². The maximum absolute atomic E-state index is 12.6. The summed E-state index contributed by atoms with van der Waals surface area (Å²) in [5, 5.41) is 8.90. The molecule has 0 aliphatic carbocycles. The zero-order valence-corrected chi connectivity index (χ0v) is 13.0. The third kappa shape index (κ3) is 3.86. The maximum atomic E-state index is 12.6.